The molecule has 0 spiro atoms. The molecule has 2 aromatic rings. The van der Waals surface area contributed by atoms with E-state index in [-0.39, 0.29) is 11.3 Å². The van der Waals surface area contributed by atoms with E-state index in [4.69, 9.17) is 4.74 Å². The number of rotatable bonds is 6. The molecule has 1 atom stereocenters. The van der Waals surface area contributed by atoms with Crippen molar-refractivity contribution in [2.45, 2.75) is 45.8 Å². The topological polar surface area (TPSA) is 44.8 Å². The fourth-order valence-corrected chi connectivity index (χ4v) is 3.51. The molecule has 2 aromatic carbocycles. The molecule has 5 heteroatoms. The summed E-state index contributed by atoms with van der Waals surface area (Å²) in [7, 11) is 2.16. The Bertz CT molecular complexity index is 817. The van der Waals surface area contributed by atoms with Crippen LogP contribution < -0.4 is 15.0 Å². The van der Waals surface area contributed by atoms with Crippen LogP contribution in [0.1, 0.15) is 38.8 Å². The molecule has 3 rings (SSSR count). The highest BCUT2D eigenvalue weighted by Gasteiger charge is 2.17. The van der Waals surface area contributed by atoms with Crippen LogP contribution in [0, 0.1) is 0 Å². The van der Waals surface area contributed by atoms with Gasteiger partial charge in [0, 0.05) is 38.4 Å². The third-order valence-electron chi connectivity index (χ3n) is 5.67. The van der Waals surface area contributed by atoms with Crippen molar-refractivity contribution in [1.29, 1.82) is 0 Å². The number of hydrogen-bond acceptors (Lipinski definition) is 4. The molecule has 1 heterocycles. The average molecular weight is 410 g/mol. The van der Waals surface area contributed by atoms with E-state index < -0.39 is 6.10 Å². The first-order chi connectivity index (χ1) is 14.2. The quantitative estimate of drug-likeness (QED) is 0.788. The molecule has 30 heavy (non-hydrogen) atoms. The van der Waals surface area contributed by atoms with Gasteiger partial charge in [-0.2, -0.15) is 0 Å². The lowest BCUT2D eigenvalue weighted by Gasteiger charge is -2.34. The van der Waals surface area contributed by atoms with Gasteiger partial charge in [-0.05, 0) is 54.8 Å². The lowest BCUT2D eigenvalue weighted by atomic mass is 9.87. The Morgan fingerprint density at radius 3 is 2.17 bits per heavy atom. The fourth-order valence-electron chi connectivity index (χ4n) is 3.51. The van der Waals surface area contributed by atoms with Gasteiger partial charge >= 0.3 is 0 Å². The smallest absolute Gasteiger partial charge is 0.261 e. The van der Waals surface area contributed by atoms with Crippen molar-refractivity contribution in [3.63, 3.8) is 0 Å². The van der Waals surface area contributed by atoms with Gasteiger partial charge in [0.1, 0.15) is 5.75 Å². The van der Waals surface area contributed by atoms with Crippen LogP contribution in [0.2, 0.25) is 0 Å². The van der Waals surface area contributed by atoms with Crippen molar-refractivity contribution in [2.24, 2.45) is 0 Å². The minimum atomic E-state index is -0.546. The van der Waals surface area contributed by atoms with Crippen LogP contribution in [0.5, 0.6) is 5.75 Å². The van der Waals surface area contributed by atoms with Crippen molar-refractivity contribution >= 4 is 11.6 Å². The summed E-state index contributed by atoms with van der Waals surface area (Å²) in [6.07, 6.45) is -0.546. The van der Waals surface area contributed by atoms with Crippen LogP contribution in [0.4, 0.5) is 5.69 Å². The first kappa shape index (κ1) is 22.2. The number of carbonyl (C=O) groups excluding carboxylic acids is 1. The van der Waals surface area contributed by atoms with Gasteiger partial charge in [0.05, 0.1) is 0 Å². The molecular formula is C25H35N3O2. The van der Waals surface area contributed by atoms with Crippen molar-refractivity contribution in [2.75, 3.05) is 38.1 Å². The zero-order chi connectivity index (χ0) is 21.7. The number of carbonyl (C=O) groups is 1. The van der Waals surface area contributed by atoms with Crippen LogP contribution >= 0.6 is 0 Å². The van der Waals surface area contributed by atoms with Crippen LogP contribution in [0.25, 0.3) is 0 Å². The van der Waals surface area contributed by atoms with Gasteiger partial charge < -0.3 is 19.9 Å². The van der Waals surface area contributed by atoms with Crippen LogP contribution in [0.15, 0.2) is 48.5 Å². The summed E-state index contributed by atoms with van der Waals surface area (Å²) < 4.78 is 5.82. The molecule has 5 nitrogen and oxygen atoms in total. The van der Waals surface area contributed by atoms with Crippen molar-refractivity contribution < 1.29 is 9.53 Å². The molecule has 0 unspecified atom stereocenters. The molecule has 1 aliphatic rings. The van der Waals surface area contributed by atoms with Gasteiger partial charge in [-0.25, -0.2) is 0 Å². The number of nitrogens with zero attached hydrogens (tertiary/aromatic N) is 2. The van der Waals surface area contributed by atoms with E-state index >= 15 is 0 Å². The molecule has 162 valence electrons. The number of amides is 1. The second-order valence-electron chi connectivity index (χ2n) is 9.21. The number of hydrogen-bond donors (Lipinski definition) is 1. The highest BCUT2D eigenvalue weighted by molar-refractivity contribution is 5.80. The van der Waals surface area contributed by atoms with E-state index in [1.54, 1.807) is 6.92 Å². The molecule has 1 N–H and O–H groups in total. The van der Waals surface area contributed by atoms with E-state index in [9.17, 15) is 4.79 Å². The number of anilines is 1. The summed E-state index contributed by atoms with van der Waals surface area (Å²) >= 11 is 0. The number of benzene rings is 2. The lowest BCUT2D eigenvalue weighted by Crippen LogP contribution is -2.44. The molecule has 0 aliphatic carbocycles. The fraction of sp³-hybridized carbons (Fsp3) is 0.480. The largest absolute Gasteiger partial charge is 0.481 e. The van der Waals surface area contributed by atoms with Gasteiger partial charge in [-0.15, -0.1) is 0 Å². The number of nitrogens with one attached hydrogen (secondary N) is 1. The van der Waals surface area contributed by atoms with E-state index in [0.29, 0.717) is 12.3 Å². The van der Waals surface area contributed by atoms with E-state index in [1.165, 1.54) is 11.3 Å². The Hall–Kier alpha value is -2.53. The van der Waals surface area contributed by atoms with E-state index in [1.807, 2.05) is 12.1 Å². The summed E-state index contributed by atoms with van der Waals surface area (Å²) in [5.41, 5.74) is 3.67. The van der Waals surface area contributed by atoms with Crippen molar-refractivity contribution in [3.05, 3.63) is 59.7 Å². The van der Waals surface area contributed by atoms with Crippen LogP contribution in [-0.2, 0) is 16.8 Å². The second-order valence-corrected chi connectivity index (χ2v) is 9.21. The summed E-state index contributed by atoms with van der Waals surface area (Å²) in [5.74, 6) is 0.597. The molecule has 0 saturated carbocycles. The van der Waals surface area contributed by atoms with Crippen LogP contribution in [-0.4, -0.2) is 50.1 Å². The van der Waals surface area contributed by atoms with Gasteiger partial charge in [0.2, 0.25) is 0 Å². The lowest BCUT2D eigenvalue weighted by molar-refractivity contribution is -0.127. The van der Waals surface area contributed by atoms with Crippen molar-refractivity contribution in [3.8, 4) is 5.75 Å². The molecule has 0 aromatic heterocycles. The van der Waals surface area contributed by atoms with Gasteiger partial charge in [0.25, 0.3) is 5.91 Å². The maximum absolute atomic E-state index is 12.4. The third kappa shape index (κ3) is 5.99. The minimum Gasteiger partial charge on any atom is -0.481 e. The molecular weight excluding hydrogens is 374 g/mol. The number of ether oxygens (including phenoxy) is 1. The Morgan fingerprint density at radius 1 is 1.00 bits per heavy atom. The normalized spacial score (nSPS) is 16.2. The number of piperazine rings is 1. The molecule has 0 bridgehead atoms. The molecule has 0 radical (unpaired) electrons. The highest BCUT2D eigenvalue weighted by atomic mass is 16.5. The molecule has 1 fully saturated rings. The van der Waals surface area contributed by atoms with E-state index in [2.05, 4.69) is 79.3 Å². The minimum absolute atomic E-state index is 0.0986. The Balaban J connectivity index is 1.47. The SMILES string of the molecule is C[C@@H](Oc1ccc(C(C)(C)C)cc1)C(=O)NCc1ccc(N2CCN(C)CC2)cc1. The maximum Gasteiger partial charge on any atom is 0.261 e. The van der Waals surface area contributed by atoms with Gasteiger partial charge in [0.15, 0.2) is 6.10 Å². The molecule has 1 saturated heterocycles. The molecule has 1 aliphatic heterocycles. The zero-order valence-electron chi connectivity index (χ0n) is 18.9. The first-order valence-corrected chi connectivity index (χ1v) is 10.8. The summed E-state index contributed by atoms with van der Waals surface area (Å²) in [6, 6.07) is 16.4. The zero-order valence-corrected chi connectivity index (χ0v) is 18.9. The number of likely N-dealkylation sites (N-methyl/N-ethyl adjacent to an activating group) is 1. The van der Waals surface area contributed by atoms with Crippen LogP contribution in [0.3, 0.4) is 0 Å². The monoisotopic (exact) mass is 409 g/mol. The Labute approximate surface area is 181 Å². The average Bonchev–Trinajstić information content (AvgIpc) is 2.72. The Morgan fingerprint density at radius 2 is 1.60 bits per heavy atom. The first-order valence-electron chi connectivity index (χ1n) is 10.8. The Kier molecular flexibility index (Phi) is 7.03. The van der Waals surface area contributed by atoms with E-state index in [0.717, 1.165) is 31.7 Å². The second kappa shape index (κ2) is 9.52. The third-order valence-corrected chi connectivity index (χ3v) is 5.67. The summed E-state index contributed by atoms with van der Waals surface area (Å²) in [6.45, 7) is 13.1. The predicted octanol–water partition coefficient (Wildman–Crippen LogP) is 3.82. The van der Waals surface area contributed by atoms with Gasteiger partial charge in [-0.1, -0.05) is 45.0 Å². The predicted molar refractivity (Wildman–Crippen MR) is 123 cm³/mol. The maximum atomic E-state index is 12.4. The summed E-state index contributed by atoms with van der Waals surface area (Å²) in [4.78, 5) is 17.2. The standard InChI is InChI=1S/C25H35N3O2/c1-19(30-23-12-8-21(9-13-23)25(2,3)4)24(29)26-18-20-6-10-22(11-7-20)28-16-14-27(5)15-17-28/h6-13,19H,14-18H2,1-5H3,(H,26,29)/t19-/m1/s1. The van der Waals surface area contributed by atoms with Crippen molar-refractivity contribution in [1.82, 2.24) is 10.2 Å². The highest BCUT2D eigenvalue weighted by Crippen LogP contribution is 2.24. The summed E-state index contributed by atoms with van der Waals surface area (Å²) in [5, 5.41) is 2.98. The molecule has 1 amide bonds. The van der Waals surface area contributed by atoms with Gasteiger partial charge in [-0.3, -0.25) is 4.79 Å².